The van der Waals surface area contributed by atoms with Crippen LogP contribution in [-0.2, 0) is 9.59 Å². The van der Waals surface area contributed by atoms with E-state index in [4.69, 9.17) is 4.74 Å². The number of ether oxygens (including phenoxy) is 1. The van der Waals surface area contributed by atoms with Crippen molar-refractivity contribution in [2.75, 3.05) is 36.3 Å². The summed E-state index contributed by atoms with van der Waals surface area (Å²) in [7, 11) is 5.43. The fourth-order valence-electron chi connectivity index (χ4n) is 3.91. The smallest absolute Gasteiger partial charge is 0.282 e. The van der Waals surface area contributed by atoms with E-state index < -0.39 is 0 Å². The van der Waals surface area contributed by atoms with E-state index in [9.17, 15) is 9.59 Å². The lowest BCUT2D eigenvalue weighted by Gasteiger charge is -2.19. The molecule has 0 aliphatic carbocycles. The summed E-state index contributed by atoms with van der Waals surface area (Å²) in [4.78, 5) is 30.5. The van der Waals surface area contributed by atoms with Crippen molar-refractivity contribution in [1.82, 2.24) is 0 Å². The van der Waals surface area contributed by atoms with Crippen LogP contribution in [0.5, 0.6) is 5.75 Å². The van der Waals surface area contributed by atoms with E-state index in [1.165, 1.54) is 10.5 Å². The van der Waals surface area contributed by atoms with Crippen molar-refractivity contribution in [1.29, 1.82) is 0 Å². The Morgan fingerprint density at radius 2 is 1.56 bits per heavy atom. The summed E-state index contributed by atoms with van der Waals surface area (Å²) in [5, 5.41) is 3.23. The molecule has 0 atom stereocenters. The van der Waals surface area contributed by atoms with Gasteiger partial charge in [0.2, 0.25) is 0 Å². The van der Waals surface area contributed by atoms with Crippen molar-refractivity contribution in [3.05, 3.63) is 89.6 Å². The minimum absolute atomic E-state index is 0.253. The van der Waals surface area contributed by atoms with Crippen LogP contribution in [0.3, 0.4) is 0 Å². The fraction of sp³-hybridized carbons (Fsp3) is 0.214. The van der Waals surface area contributed by atoms with Gasteiger partial charge in [0.25, 0.3) is 11.8 Å². The average Bonchev–Trinajstić information content (AvgIpc) is 3.08. The Morgan fingerprint density at radius 3 is 2.15 bits per heavy atom. The molecule has 1 aliphatic rings. The molecule has 0 unspecified atom stereocenters. The highest BCUT2D eigenvalue weighted by atomic mass is 16.5. The molecule has 1 N–H and O–H groups in total. The normalized spacial score (nSPS) is 13.6. The Balaban J connectivity index is 1.78. The third-order valence-electron chi connectivity index (χ3n) is 5.91. The lowest BCUT2D eigenvalue weighted by Crippen LogP contribution is -2.32. The number of hydrogen-bond acceptors (Lipinski definition) is 5. The Hall–Kier alpha value is -4.06. The van der Waals surface area contributed by atoms with E-state index in [1.54, 1.807) is 37.4 Å². The second-order valence-corrected chi connectivity index (χ2v) is 8.74. The molecular formula is C28H29N3O3. The first-order valence-electron chi connectivity index (χ1n) is 11.2. The molecule has 1 heterocycles. The van der Waals surface area contributed by atoms with E-state index in [0.717, 1.165) is 11.4 Å². The zero-order chi connectivity index (χ0) is 24.4. The second kappa shape index (κ2) is 9.43. The van der Waals surface area contributed by atoms with Crippen molar-refractivity contribution < 1.29 is 14.3 Å². The number of nitrogens with one attached hydrogen (secondary N) is 1. The molecule has 34 heavy (non-hydrogen) atoms. The number of methoxy groups -OCH3 is 1. The quantitative estimate of drug-likeness (QED) is 0.491. The first kappa shape index (κ1) is 23.1. The summed E-state index contributed by atoms with van der Waals surface area (Å²) in [6.45, 7) is 4.26. The van der Waals surface area contributed by atoms with Gasteiger partial charge < -0.3 is 15.0 Å². The molecule has 174 valence electrons. The molecule has 3 aromatic carbocycles. The van der Waals surface area contributed by atoms with E-state index in [2.05, 4.69) is 19.2 Å². The molecule has 0 aromatic heterocycles. The monoisotopic (exact) mass is 455 g/mol. The van der Waals surface area contributed by atoms with Crippen LogP contribution < -0.4 is 19.9 Å². The highest BCUT2D eigenvalue weighted by molar-refractivity contribution is 6.46. The third-order valence-corrected chi connectivity index (χ3v) is 5.91. The maximum Gasteiger partial charge on any atom is 0.282 e. The summed E-state index contributed by atoms with van der Waals surface area (Å²) in [5.74, 6) is 0.319. The predicted molar refractivity (Wildman–Crippen MR) is 137 cm³/mol. The van der Waals surface area contributed by atoms with Crippen molar-refractivity contribution in [3.8, 4) is 5.75 Å². The molecule has 1 aliphatic heterocycles. The van der Waals surface area contributed by atoms with Crippen LogP contribution in [0, 0.1) is 0 Å². The Bertz CT molecular complexity index is 1240. The van der Waals surface area contributed by atoms with Crippen LogP contribution in [-0.4, -0.2) is 33.0 Å². The van der Waals surface area contributed by atoms with Crippen LogP contribution >= 0.6 is 0 Å². The molecule has 2 amide bonds. The Labute approximate surface area is 200 Å². The molecule has 0 radical (unpaired) electrons. The van der Waals surface area contributed by atoms with Crippen LogP contribution in [0.25, 0.3) is 5.57 Å². The fourth-order valence-corrected chi connectivity index (χ4v) is 3.91. The highest BCUT2D eigenvalue weighted by Crippen LogP contribution is 2.35. The summed E-state index contributed by atoms with van der Waals surface area (Å²) < 4.78 is 5.26. The number of carbonyl (C=O) groups excluding carboxylic acids is 2. The standard InChI is InChI=1S/C28H29N3O3/c1-18(2)19-9-13-21(14-10-19)29-26-25(20-11-15-24(34-5)16-12-20)27(32)31(28(26)33)23-8-6-7-22(17-23)30(3)4/h6-18,29H,1-5H3. The maximum atomic E-state index is 13.7. The summed E-state index contributed by atoms with van der Waals surface area (Å²) >= 11 is 0. The van der Waals surface area contributed by atoms with Gasteiger partial charge in [-0.05, 0) is 59.5 Å². The highest BCUT2D eigenvalue weighted by Gasteiger charge is 2.40. The molecule has 3 aromatic rings. The zero-order valence-corrected chi connectivity index (χ0v) is 20.1. The van der Waals surface area contributed by atoms with Gasteiger partial charge in [0, 0.05) is 25.5 Å². The van der Waals surface area contributed by atoms with Crippen LogP contribution in [0.15, 0.2) is 78.5 Å². The number of carbonyl (C=O) groups is 2. The average molecular weight is 456 g/mol. The molecule has 4 rings (SSSR count). The summed E-state index contributed by atoms with van der Waals surface area (Å²) in [5.41, 5.74) is 4.60. The first-order valence-corrected chi connectivity index (χ1v) is 11.2. The molecule has 6 nitrogen and oxygen atoms in total. The number of anilines is 3. The molecule has 0 saturated heterocycles. The maximum absolute atomic E-state index is 13.7. The SMILES string of the molecule is COc1ccc(C2=C(Nc3ccc(C(C)C)cc3)C(=O)N(c3cccc(N(C)C)c3)C2=O)cc1. The topological polar surface area (TPSA) is 61.9 Å². The van der Waals surface area contributed by atoms with Crippen molar-refractivity contribution >= 4 is 34.4 Å². The predicted octanol–water partition coefficient (Wildman–Crippen LogP) is 5.28. The van der Waals surface area contributed by atoms with Crippen molar-refractivity contribution in [2.45, 2.75) is 19.8 Å². The molecular weight excluding hydrogens is 426 g/mol. The number of amides is 2. The molecule has 0 bridgehead atoms. The van der Waals surface area contributed by atoms with E-state index in [1.807, 2.05) is 61.5 Å². The summed E-state index contributed by atoms with van der Waals surface area (Å²) in [6, 6.07) is 22.5. The minimum Gasteiger partial charge on any atom is -0.497 e. The molecule has 0 saturated carbocycles. The lowest BCUT2D eigenvalue weighted by atomic mass is 10.0. The Kier molecular flexibility index (Phi) is 6.41. The number of imide groups is 1. The van der Waals surface area contributed by atoms with Gasteiger partial charge in [0.05, 0.1) is 18.4 Å². The summed E-state index contributed by atoms with van der Waals surface area (Å²) in [6.07, 6.45) is 0. The molecule has 6 heteroatoms. The van der Waals surface area contributed by atoms with E-state index in [-0.39, 0.29) is 17.5 Å². The van der Waals surface area contributed by atoms with Crippen LogP contribution in [0.2, 0.25) is 0 Å². The Morgan fingerprint density at radius 1 is 0.882 bits per heavy atom. The molecule has 0 fully saturated rings. The van der Waals surface area contributed by atoms with Gasteiger partial charge in [-0.15, -0.1) is 0 Å². The number of rotatable bonds is 7. The lowest BCUT2D eigenvalue weighted by molar-refractivity contribution is -0.120. The van der Waals surface area contributed by atoms with Crippen LogP contribution in [0.4, 0.5) is 17.1 Å². The third kappa shape index (κ3) is 4.39. The first-order chi connectivity index (χ1) is 16.3. The van der Waals surface area contributed by atoms with Gasteiger partial charge in [-0.3, -0.25) is 9.59 Å². The van der Waals surface area contributed by atoms with Crippen molar-refractivity contribution in [3.63, 3.8) is 0 Å². The largest absolute Gasteiger partial charge is 0.497 e. The van der Waals surface area contributed by atoms with E-state index in [0.29, 0.717) is 28.5 Å². The minimum atomic E-state index is -0.389. The second-order valence-electron chi connectivity index (χ2n) is 8.74. The van der Waals surface area contributed by atoms with E-state index >= 15 is 0 Å². The van der Waals surface area contributed by atoms with Gasteiger partial charge in [0.15, 0.2) is 0 Å². The van der Waals surface area contributed by atoms with Gasteiger partial charge >= 0.3 is 0 Å². The molecule has 0 spiro atoms. The van der Waals surface area contributed by atoms with Gasteiger partial charge in [0.1, 0.15) is 11.4 Å². The number of nitrogens with zero attached hydrogens (tertiary/aromatic N) is 2. The number of benzene rings is 3. The zero-order valence-electron chi connectivity index (χ0n) is 20.1. The van der Waals surface area contributed by atoms with Gasteiger partial charge in [-0.1, -0.05) is 44.2 Å². The number of hydrogen-bond donors (Lipinski definition) is 1. The van der Waals surface area contributed by atoms with Gasteiger partial charge in [-0.25, -0.2) is 4.90 Å². The van der Waals surface area contributed by atoms with Crippen molar-refractivity contribution in [2.24, 2.45) is 0 Å². The van der Waals surface area contributed by atoms with Gasteiger partial charge in [-0.2, -0.15) is 0 Å². The van der Waals surface area contributed by atoms with Crippen LogP contribution in [0.1, 0.15) is 30.9 Å².